The molecule has 0 saturated carbocycles. The van der Waals surface area contributed by atoms with Crippen LogP contribution in [0.15, 0.2) is 47.8 Å². The number of hydrogen-bond acceptors (Lipinski definition) is 4. The third-order valence-electron chi connectivity index (χ3n) is 4.08. The number of rotatable bonds is 3. The summed E-state index contributed by atoms with van der Waals surface area (Å²) in [6, 6.07) is 13.2. The van der Waals surface area contributed by atoms with Gasteiger partial charge in [0.25, 0.3) is 5.91 Å². The monoisotopic (exact) mass is 373 g/mol. The topological polar surface area (TPSA) is 47.4 Å². The lowest BCUT2D eigenvalue weighted by atomic mass is 10.2. The molecule has 1 aliphatic rings. The van der Waals surface area contributed by atoms with Crippen molar-refractivity contribution in [1.82, 2.24) is 14.7 Å². The van der Waals surface area contributed by atoms with Gasteiger partial charge in [-0.25, -0.2) is 4.68 Å². The van der Waals surface area contributed by atoms with Crippen LogP contribution in [-0.4, -0.2) is 46.9 Å². The van der Waals surface area contributed by atoms with Crippen LogP contribution < -0.4 is 0 Å². The second kappa shape index (κ2) is 7.00. The first-order chi connectivity index (χ1) is 12.2. The van der Waals surface area contributed by atoms with Crippen LogP contribution in [0.25, 0.3) is 16.3 Å². The van der Waals surface area contributed by atoms with Gasteiger partial charge >= 0.3 is 0 Å². The molecule has 128 valence electrons. The molecule has 5 nitrogen and oxygen atoms in total. The van der Waals surface area contributed by atoms with Gasteiger partial charge in [-0.15, -0.1) is 11.3 Å². The van der Waals surface area contributed by atoms with Gasteiger partial charge in [-0.2, -0.15) is 5.10 Å². The van der Waals surface area contributed by atoms with Crippen LogP contribution in [0, 0.1) is 0 Å². The first-order valence-corrected chi connectivity index (χ1v) is 9.25. The summed E-state index contributed by atoms with van der Waals surface area (Å²) in [6.45, 7) is 2.29. The first-order valence-electron chi connectivity index (χ1n) is 8.00. The van der Waals surface area contributed by atoms with E-state index in [2.05, 4.69) is 5.10 Å². The molecule has 25 heavy (non-hydrogen) atoms. The average molecular weight is 374 g/mol. The smallest absolute Gasteiger partial charge is 0.272 e. The Morgan fingerprint density at radius 2 is 1.96 bits per heavy atom. The van der Waals surface area contributed by atoms with Crippen molar-refractivity contribution in [2.24, 2.45) is 0 Å². The molecule has 4 rings (SSSR count). The largest absolute Gasteiger partial charge is 0.378 e. The quantitative estimate of drug-likeness (QED) is 0.702. The molecular weight excluding hydrogens is 358 g/mol. The maximum Gasteiger partial charge on any atom is 0.272 e. The third kappa shape index (κ3) is 3.20. The number of aromatic nitrogens is 2. The number of carbonyl (C=O) groups is 1. The summed E-state index contributed by atoms with van der Waals surface area (Å²) in [4.78, 5) is 15.9. The summed E-state index contributed by atoms with van der Waals surface area (Å²) in [5.41, 5.74) is 1.98. The number of ether oxygens (including phenoxy) is 1. The van der Waals surface area contributed by atoms with Crippen molar-refractivity contribution in [2.75, 3.05) is 26.3 Å². The van der Waals surface area contributed by atoms with Gasteiger partial charge in [0.05, 0.1) is 28.8 Å². The van der Waals surface area contributed by atoms with Crippen LogP contribution in [0.1, 0.15) is 10.5 Å². The zero-order valence-electron chi connectivity index (χ0n) is 13.4. The van der Waals surface area contributed by atoms with Gasteiger partial charge in [0.15, 0.2) is 0 Å². The van der Waals surface area contributed by atoms with Crippen LogP contribution in [0.3, 0.4) is 0 Å². The minimum Gasteiger partial charge on any atom is -0.378 e. The summed E-state index contributed by atoms with van der Waals surface area (Å²) >= 11 is 7.94. The fraction of sp³-hybridized carbons (Fsp3) is 0.222. The van der Waals surface area contributed by atoms with E-state index in [1.54, 1.807) is 27.0 Å². The van der Waals surface area contributed by atoms with Crippen LogP contribution in [0.5, 0.6) is 0 Å². The van der Waals surface area contributed by atoms with Crippen molar-refractivity contribution in [3.63, 3.8) is 0 Å². The van der Waals surface area contributed by atoms with E-state index in [-0.39, 0.29) is 5.91 Å². The molecule has 0 radical (unpaired) electrons. The van der Waals surface area contributed by atoms with E-state index >= 15 is 0 Å². The van der Waals surface area contributed by atoms with Crippen molar-refractivity contribution in [3.05, 3.63) is 58.6 Å². The average Bonchev–Trinajstić information content (AvgIpc) is 3.32. The lowest BCUT2D eigenvalue weighted by Gasteiger charge is -2.26. The van der Waals surface area contributed by atoms with E-state index in [9.17, 15) is 4.79 Å². The molecule has 7 heteroatoms. The van der Waals surface area contributed by atoms with Gasteiger partial charge in [0.2, 0.25) is 0 Å². The van der Waals surface area contributed by atoms with E-state index in [0.717, 1.165) is 10.6 Å². The molecule has 0 N–H and O–H groups in total. The summed E-state index contributed by atoms with van der Waals surface area (Å²) in [6.07, 6.45) is 0. The predicted octanol–water partition coefficient (Wildman–Crippen LogP) is 3.73. The molecule has 0 bridgehead atoms. The van der Waals surface area contributed by atoms with Gasteiger partial charge in [0, 0.05) is 13.1 Å². The van der Waals surface area contributed by atoms with Crippen molar-refractivity contribution in [2.45, 2.75) is 0 Å². The zero-order valence-corrected chi connectivity index (χ0v) is 15.0. The van der Waals surface area contributed by atoms with Crippen LogP contribution in [-0.2, 0) is 4.74 Å². The number of hydrogen-bond donors (Lipinski definition) is 0. The van der Waals surface area contributed by atoms with Crippen molar-refractivity contribution in [3.8, 4) is 16.3 Å². The Morgan fingerprint density at radius 3 is 2.68 bits per heavy atom. The highest BCUT2D eigenvalue weighted by atomic mass is 35.5. The van der Waals surface area contributed by atoms with Crippen LogP contribution >= 0.6 is 22.9 Å². The Labute approximate surface area is 154 Å². The summed E-state index contributed by atoms with van der Waals surface area (Å²) in [5, 5.41) is 7.21. The molecule has 1 saturated heterocycles. The molecule has 3 aromatic rings. The zero-order chi connectivity index (χ0) is 17.2. The molecule has 1 amide bonds. The normalized spacial score (nSPS) is 14.7. The second-order valence-electron chi connectivity index (χ2n) is 5.66. The molecule has 0 unspecified atom stereocenters. The van der Waals surface area contributed by atoms with Crippen molar-refractivity contribution in [1.29, 1.82) is 0 Å². The van der Waals surface area contributed by atoms with Gasteiger partial charge in [-0.3, -0.25) is 4.79 Å². The van der Waals surface area contributed by atoms with Gasteiger partial charge < -0.3 is 9.64 Å². The Bertz CT molecular complexity index is 886. The molecule has 0 aliphatic carbocycles. The van der Waals surface area contributed by atoms with E-state index in [0.29, 0.717) is 42.7 Å². The van der Waals surface area contributed by atoms with E-state index < -0.39 is 0 Å². The standard InChI is InChI=1S/C18H16ClN3O2S/c19-13-4-1-2-5-15(13)22-16(18(23)21-7-9-24-10-8-21)12-14(20-22)17-6-3-11-25-17/h1-6,11-12H,7-10H2. The fourth-order valence-corrected chi connectivity index (χ4v) is 3.71. The minimum absolute atomic E-state index is 0.0569. The molecule has 3 heterocycles. The van der Waals surface area contributed by atoms with Gasteiger partial charge in [-0.05, 0) is 29.6 Å². The summed E-state index contributed by atoms with van der Waals surface area (Å²) in [7, 11) is 0. The Morgan fingerprint density at radius 1 is 1.16 bits per heavy atom. The number of morpholine rings is 1. The highest BCUT2D eigenvalue weighted by molar-refractivity contribution is 7.13. The Balaban J connectivity index is 1.81. The van der Waals surface area contributed by atoms with E-state index in [4.69, 9.17) is 16.3 Å². The highest BCUT2D eigenvalue weighted by Crippen LogP contribution is 2.28. The molecule has 2 aromatic heterocycles. The first kappa shape index (κ1) is 16.3. The SMILES string of the molecule is O=C(c1cc(-c2cccs2)nn1-c1ccccc1Cl)N1CCOCC1. The number of nitrogens with zero attached hydrogens (tertiary/aromatic N) is 3. The molecule has 1 fully saturated rings. The Hall–Kier alpha value is -2.15. The lowest BCUT2D eigenvalue weighted by molar-refractivity contribution is 0.0297. The predicted molar refractivity (Wildman–Crippen MR) is 98.6 cm³/mol. The molecule has 0 atom stereocenters. The van der Waals surface area contributed by atoms with Crippen LogP contribution in [0.2, 0.25) is 5.02 Å². The highest BCUT2D eigenvalue weighted by Gasteiger charge is 2.25. The molecule has 0 spiro atoms. The van der Waals surface area contributed by atoms with E-state index in [1.807, 2.05) is 41.8 Å². The molecular formula is C18H16ClN3O2S. The second-order valence-corrected chi connectivity index (χ2v) is 7.01. The fourth-order valence-electron chi connectivity index (χ4n) is 2.81. The number of halogens is 1. The third-order valence-corrected chi connectivity index (χ3v) is 5.29. The molecule has 1 aromatic carbocycles. The number of thiophene rings is 1. The lowest BCUT2D eigenvalue weighted by Crippen LogP contribution is -2.41. The van der Waals surface area contributed by atoms with Crippen molar-refractivity contribution < 1.29 is 9.53 Å². The van der Waals surface area contributed by atoms with E-state index in [1.165, 1.54) is 0 Å². The maximum atomic E-state index is 13.1. The maximum absolute atomic E-state index is 13.1. The number of amides is 1. The summed E-state index contributed by atoms with van der Waals surface area (Å²) < 4.78 is 7.00. The Kier molecular flexibility index (Phi) is 4.57. The van der Waals surface area contributed by atoms with Crippen molar-refractivity contribution >= 4 is 28.8 Å². The minimum atomic E-state index is -0.0569. The number of benzene rings is 1. The van der Waals surface area contributed by atoms with Gasteiger partial charge in [0.1, 0.15) is 11.4 Å². The number of carbonyl (C=O) groups excluding carboxylic acids is 1. The van der Waals surface area contributed by atoms with Crippen LogP contribution in [0.4, 0.5) is 0 Å². The molecule has 1 aliphatic heterocycles. The number of para-hydroxylation sites is 1. The van der Waals surface area contributed by atoms with Gasteiger partial charge in [-0.1, -0.05) is 29.8 Å². The summed E-state index contributed by atoms with van der Waals surface area (Å²) in [5.74, 6) is -0.0569.